The summed E-state index contributed by atoms with van der Waals surface area (Å²) in [6.45, 7) is 6.91. The maximum Gasteiger partial charge on any atom is 0.234 e. The number of rotatable bonds is 6. The van der Waals surface area contributed by atoms with Gasteiger partial charge < -0.3 is 9.88 Å². The van der Waals surface area contributed by atoms with Gasteiger partial charge in [0.05, 0.1) is 13.1 Å². The van der Waals surface area contributed by atoms with Crippen LogP contribution in [0.5, 0.6) is 0 Å². The lowest BCUT2D eigenvalue weighted by molar-refractivity contribution is -0.123. The van der Waals surface area contributed by atoms with Crippen molar-refractivity contribution >= 4 is 5.91 Å². The summed E-state index contributed by atoms with van der Waals surface area (Å²) in [6, 6.07) is 10.4. The van der Waals surface area contributed by atoms with E-state index >= 15 is 0 Å². The number of nitrogens with zero attached hydrogens (tertiary/aromatic N) is 4. The van der Waals surface area contributed by atoms with Crippen molar-refractivity contribution in [2.45, 2.75) is 26.1 Å². The van der Waals surface area contributed by atoms with Gasteiger partial charge in [0.25, 0.3) is 0 Å². The highest BCUT2D eigenvalue weighted by Crippen LogP contribution is 2.12. The summed E-state index contributed by atoms with van der Waals surface area (Å²) in [5, 5.41) is 3.01. The van der Waals surface area contributed by atoms with Gasteiger partial charge in [-0.15, -0.1) is 0 Å². The summed E-state index contributed by atoms with van der Waals surface area (Å²) < 4.78 is 2.07. The van der Waals surface area contributed by atoms with Crippen LogP contribution >= 0.6 is 0 Å². The molecule has 1 amide bonds. The lowest BCUT2D eigenvalue weighted by Crippen LogP contribution is -2.53. The zero-order valence-corrected chi connectivity index (χ0v) is 15.1. The molecule has 2 aromatic rings. The third-order valence-corrected chi connectivity index (χ3v) is 4.81. The van der Waals surface area contributed by atoms with E-state index in [9.17, 15) is 4.79 Å². The molecule has 0 saturated carbocycles. The second kappa shape index (κ2) is 8.27. The van der Waals surface area contributed by atoms with E-state index in [1.165, 1.54) is 0 Å². The first-order valence-corrected chi connectivity index (χ1v) is 8.85. The first-order valence-electron chi connectivity index (χ1n) is 8.85. The van der Waals surface area contributed by atoms with Gasteiger partial charge in [-0.1, -0.05) is 30.3 Å². The molecule has 0 aliphatic carbocycles. The van der Waals surface area contributed by atoms with Crippen molar-refractivity contribution < 1.29 is 4.79 Å². The fourth-order valence-electron chi connectivity index (χ4n) is 3.24. The number of hydrogen-bond acceptors (Lipinski definition) is 4. The second-order valence-electron chi connectivity index (χ2n) is 6.77. The highest BCUT2D eigenvalue weighted by Gasteiger charge is 2.25. The van der Waals surface area contributed by atoms with Gasteiger partial charge in [0.1, 0.15) is 5.82 Å². The molecule has 0 radical (unpaired) electrons. The molecule has 1 N–H and O–H groups in total. The van der Waals surface area contributed by atoms with E-state index in [2.05, 4.69) is 31.6 Å². The minimum absolute atomic E-state index is 0.0913. The second-order valence-corrected chi connectivity index (χ2v) is 6.77. The predicted molar refractivity (Wildman–Crippen MR) is 97.8 cm³/mol. The molecule has 1 aromatic carbocycles. The Kier molecular flexibility index (Phi) is 5.83. The number of aryl methyl sites for hydroxylation is 1. The molecule has 6 nitrogen and oxygen atoms in total. The van der Waals surface area contributed by atoms with Gasteiger partial charge in [0.15, 0.2) is 0 Å². The fourth-order valence-corrected chi connectivity index (χ4v) is 3.24. The number of nitrogens with one attached hydrogen (secondary N) is 1. The molecule has 0 unspecified atom stereocenters. The Morgan fingerprint density at radius 1 is 1.28 bits per heavy atom. The topological polar surface area (TPSA) is 53.4 Å². The van der Waals surface area contributed by atoms with Crippen LogP contribution in [0, 0.1) is 0 Å². The van der Waals surface area contributed by atoms with E-state index in [0.717, 1.165) is 37.6 Å². The number of hydrogen-bond donors (Lipinski definition) is 1. The normalized spacial score (nSPS) is 19.0. The predicted octanol–water partition coefficient (Wildman–Crippen LogP) is 1.24. The minimum atomic E-state index is 0.0913. The maximum absolute atomic E-state index is 12.2. The summed E-state index contributed by atoms with van der Waals surface area (Å²) >= 11 is 0. The molecule has 1 saturated heterocycles. The van der Waals surface area contributed by atoms with E-state index in [1.54, 1.807) is 0 Å². The molecular formula is C19H27N5O. The van der Waals surface area contributed by atoms with Crippen molar-refractivity contribution in [2.24, 2.45) is 7.05 Å². The van der Waals surface area contributed by atoms with Crippen molar-refractivity contribution in [1.82, 2.24) is 24.7 Å². The Morgan fingerprint density at radius 2 is 2.08 bits per heavy atom. The van der Waals surface area contributed by atoms with Crippen molar-refractivity contribution in [2.75, 3.05) is 26.2 Å². The quantitative estimate of drug-likeness (QED) is 0.859. The molecule has 0 spiro atoms. The molecule has 134 valence electrons. The van der Waals surface area contributed by atoms with Gasteiger partial charge in [0, 0.05) is 51.7 Å². The van der Waals surface area contributed by atoms with E-state index < -0.39 is 0 Å². The SMILES string of the molecule is C[C@H]1CN(CC(=O)NCc2ccccc2)CCN1Cc1nccn1C. The minimum Gasteiger partial charge on any atom is -0.351 e. The Bertz CT molecular complexity index is 684. The zero-order chi connectivity index (χ0) is 17.6. The monoisotopic (exact) mass is 341 g/mol. The molecular weight excluding hydrogens is 314 g/mol. The Morgan fingerprint density at radius 3 is 2.76 bits per heavy atom. The summed E-state index contributed by atoms with van der Waals surface area (Å²) in [5.41, 5.74) is 1.13. The molecule has 1 aliphatic rings. The molecule has 3 rings (SSSR count). The fraction of sp³-hybridized carbons (Fsp3) is 0.474. The molecule has 2 heterocycles. The van der Waals surface area contributed by atoms with Crippen molar-refractivity contribution in [3.05, 3.63) is 54.1 Å². The van der Waals surface area contributed by atoms with E-state index in [-0.39, 0.29) is 5.91 Å². The average Bonchev–Trinajstić information content (AvgIpc) is 3.01. The number of carbonyl (C=O) groups excluding carboxylic acids is 1. The summed E-state index contributed by atoms with van der Waals surface area (Å²) in [5.74, 6) is 1.18. The molecule has 1 aliphatic heterocycles. The largest absolute Gasteiger partial charge is 0.351 e. The molecule has 25 heavy (non-hydrogen) atoms. The van der Waals surface area contributed by atoms with Gasteiger partial charge in [-0.05, 0) is 12.5 Å². The highest BCUT2D eigenvalue weighted by molar-refractivity contribution is 5.78. The van der Waals surface area contributed by atoms with Gasteiger partial charge >= 0.3 is 0 Å². The van der Waals surface area contributed by atoms with Crippen molar-refractivity contribution in [1.29, 1.82) is 0 Å². The number of imidazole rings is 1. The lowest BCUT2D eigenvalue weighted by Gasteiger charge is -2.39. The number of aromatic nitrogens is 2. The zero-order valence-electron chi connectivity index (χ0n) is 15.1. The molecule has 6 heteroatoms. The lowest BCUT2D eigenvalue weighted by atomic mass is 10.2. The smallest absolute Gasteiger partial charge is 0.234 e. The maximum atomic E-state index is 12.2. The first kappa shape index (κ1) is 17.6. The molecule has 1 atom stereocenters. The van der Waals surface area contributed by atoms with E-state index in [0.29, 0.717) is 19.1 Å². The van der Waals surface area contributed by atoms with Crippen LogP contribution in [0.4, 0.5) is 0 Å². The van der Waals surface area contributed by atoms with Crippen molar-refractivity contribution in [3.63, 3.8) is 0 Å². The Labute approximate surface area is 149 Å². The standard InChI is InChI=1S/C19H27N5O/c1-16-13-23(10-11-24(16)14-18-20-8-9-22(18)2)15-19(25)21-12-17-6-4-3-5-7-17/h3-9,16H,10-15H2,1-2H3,(H,21,25)/t16-/m0/s1. The van der Waals surface area contributed by atoms with Crippen LogP contribution in [0.2, 0.25) is 0 Å². The molecule has 1 fully saturated rings. The number of carbonyl (C=O) groups is 1. The van der Waals surface area contributed by atoms with Crippen LogP contribution < -0.4 is 5.32 Å². The van der Waals surface area contributed by atoms with Crippen LogP contribution in [-0.4, -0.2) is 57.5 Å². The summed E-state index contributed by atoms with van der Waals surface area (Å²) in [4.78, 5) is 21.3. The first-order chi connectivity index (χ1) is 12.1. The van der Waals surface area contributed by atoms with E-state index in [4.69, 9.17) is 0 Å². The number of piperazine rings is 1. The van der Waals surface area contributed by atoms with E-state index in [1.807, 2.05) is 49.8 Å². The average molecular weight is 341 g/mol. The number of amides is 1. The highest BCUT2D eigenvalue weighted by atomic mass is 16.2. The summed E-state index contributed by atoms with van der Waals surface area (Å²) in [7, 11) is 2.03. The van der Waals surface area contributed by atoms with Gasteiger partial charge in [-0.3, -0.25) is 14.6 Å². The third kappa shape index (κ3) is 4.90. The Balaban J connectivity index is 1.43. The van der Waals surface area contributed by atoms with Crippen LogP contribution in [0.15, 0.2) is 42.7 Å². The Hall–Kier alpha value is -2.18. The summed E-state index contributed by atoms with van der Waals surface area (Å²) in [6.07, 6.45) is 3.82. The van der Waals surface area contributed by atoms with Crippen LogP contribution in [0.25, 0.3) is 0 Å². The van der Waals surface area contributed by atoms with Gasteiger partial charge in [-0.25, -0.2) is 4.98 Å². The van der Waals surface area contributed by atoms with Crippen LogP contribution in [0.1, 0.15) is 18.3 Å². The van der Waals surface area contributed by atoms with Crippen LogP contribution in [-0.2, 0) is 24.9 Å². The van der Waals surface area contributed by atoms with Crippen molar-refractivity contribution in [3.8, 4) is 0 Å². The number of benzene rings is 1. The van der Waals surface area contributed by atoms with Gasteiger partial charge in [0.2, 0.25) is 5.91 Å². The molecule has 0 bridgehead atoms. The van der Waals surface area contributed by atoms with Crippen LogP contribution in [0.3, 0.4) is 0 Å². The molecule has 1 aromatic heterocycles. The van der Waals surface area contributed by atoms with Gasteiger partial charge in [-0.2, -0.15) is 0 Å². The third-order valence-electron chi connectivity index (χ3n) is 4.81.